The molecule has 116 valence electrons. The molecule has 0 heterocycles. The molecule has 0 fully saturated rings. The summed E-state index contributed by atoms with van der Waals surface area (Å²) in [4.78, 5) is 0. The lowest BCUT2D eigenvalue weighted by molar-refractivity contribution is 0.989. The highest BCUT2D eigenvalue weighted by Crippen LogP contribution is 2.23. The van der Waals surface area contributed by atoms with Crippen LogP contribution in [0.25, 0.3) is 6.08 Å². The van der Waals surface area contributed by atoms with E-state index in [1.54, 1.807) is 6.07 Å². The van der Waals surface area contributed by atoms with Crippen LogP contribution in [0.2, 0.25) is 10.0 Å². The fraction of sp³-hybridized carbons (Fsp3) is 0.222. The van der Waals surface area contributed by atoms with Gasteiger partial charge in [0.1, 0.15) is 0 Å². The van der Waals surface area contributed by atoms with Crippen LogP contribution in [0.4, 0.5) is 5.69 Å². The van der Waals surface area contributed by atoms with E-state index in [1.807, 2.05) is 18.2 Å². The smallest absolute Gasteiger partial charge is 0.0426 e. The van der Waals surface area contributed by atoms with Crippen molar-refractivity contribution in [3.8, 4) is 0 Å². The van der Waals surface area contributed by atoms with Crippen molar-refractivity contribution in [3.05, 3.63) is 68.1 Å². The number of hydrogen-bond acceptors (Lipinski definition) is 1. The molecule has 0 bridgehead atoms. The van der Waals surface area contributed by atoms with E-state index in [9.17, 15) is 0 Å². The highest BCUT2D eigenvalue weighted by Gasteiger charge is 2.04. The molecule has 2 aromatic carbocycles. The summed E-state index contributed by atoms with van der Waals surface area (Å²) in [5.41, 5.74) is 3.45. The van der Waals surface area contributed by atoms with Gasteiger partial charge in [0.05, 0.1) is 0 Å². The van der Waals surface area contributed by atoms with E-state index in [-0.39, 0.29) is 6.04 Å². The Balaban J connectivity index is 2.11. The van der Waals surface area contributed by atoms with E-state index in [0.717, 1.165) is 22.1 Å². The van der Waals surface area contributed by atoms with E-state index in [0.29, 0.717) is 10.0 Å². The first-order chi connectivity index (χ1) is 10.5. The summed E-state index contributed by atoms with van der Waals surface area (Å²) in [5, 5.41) is 4.81. The predicted octanol–water partition coefficient (Wildman–Crippen LogP) is 6.83. The molecule has 0 amide bonds. The molecule has 0 radical (unpaired) electrons. The standard InChI is InChI=1S/C18H18BrCl2N/c1-3-14-6-7-15(19)10-18(14)22-12(2)4-5-13-8-16(20)11-17(21)9-13/h4-12,22H,3H2,1-2H3/b5-4+. The Hall–Kier alpha value is -0.960. The van der Waals surface area contributed by atoms with Crippen LogP contribution in [0.1, 0.15) is 25.0 Å². The number of benzene rings is 2. The molecule has 22 heavy (non-hydrogen) atoms. The number of aryl methyl sites for hydroxylation is 1. The molecule has 1 nitrogen and oxygen atoms in total. The van der Waals surface area contributed by atoms with Crippen LogP contribution >= 0.6 is 39.1 Å². The molecule has 1 atom stereocenters. The second-order valence-corrected chi connectivity index (χ2v) is 6.94. The van der Waals surface area contributed by atoms with Crippen molar-refractivity contribution in [2.45, 2.75) is 26.3 Å². The average Bonchev–Trinajstić information content (AvgIpc) is 2.44. The minimum Gasteiger partial charge on any atom is -0.379 e. The van der Waals surface area contributed by atoms with Gasteiger partial charge in [0.25, 0.3) is 0 Å². The minimum atomic E-state index is 0.192. The van der Waals surface area contributed by atoms with Crippen LogP contribution in [0.15, 0.2) is 46.9 Å². The normalized spacial score (nSPS) is 12.6. The Morgan fingerprint density at radius 3 is 2.45 bits per heavy atom. The van der Waals surface area contributed by atoms with Gasteiger partial charge in [-0.15, -0.1) is 0 Å². The third kappa shape index (κ3) is 5.05. The number of nitrogens with one attached hydrogen (secondary N) is 1. The molecule has 2 aromatic rings. The van der Waals surface area contributed by atoms with Gasteiger partial charge in [-0.25, -0.2) is 0 Å². The number of anilines is 1. The van der Waals surface area contributed by atoms with Crippen LogP contribution in [-0.2, 0) is 6.42 Å². The molecule has 0 aliphatic carbocycles. The molecule has 1 unspecified atom stereocenters. The first-order valence-electron chi connectivity index (χ1n) is 7.17. The van der Waals surface area contributed by atoms with Crippen LogP contribution in [0.5, 0.6) is 0 Å². The zero-order chi connectivity index (χ0) is 16.1. The van der Waals surface area contributed by atoms with Crippen molar-refractivity contribution in [1.82, 2.24) is 0 Å². The van der Waals surface area contributed by atoms with Crippen molar-refractivity contribution < 1.29 is 0 Å². The molecule has 1 N–H and O–H groups in total. The lowest BCUT2D eigenvalue weighted by atomic mass is 10.1. The zero-order valence-electron chi connectivity index (χ0n) is 12.5. The van der Waals surface area contributed by atoms with E-state index < -0.39 is 0 Å². The second-order valence-electron chi connectivity index (χ2n) is 5.15. The summed E-state index contributed by atoms with van der Waals surface area (Å²) >= 11 is 15.5. The van der Waals surface area contributed by atoms with E-state index in [2.05, 4.69) is 59.4 Å². The summed E-state index contributed by atoms with van der Waals surface area (Å²) in [6.07, 6.45) is 5.12. The highest BCUT2D eigenvalue weighted by atomic mass is 79.9. The lowest BCUT2D eigenvalue weighted by Crippen LogP contribution is -2.13. The molecule has 0 spiro atoms. The summed E-state index contributed by atoms with van der Waals surface area (Å²) in [6.45, 7) is 4.27. The SMILES string of the molecule is CCc1ccc(Br)cc1NC(C)/C=C/c1cc(Cl)cc(Cl)c1. The Kier molecular flexibility index (Phi) is 6.37. The van der Waals surface area contributed by atoms with Gasteiger partial charge in [0.15, 0.2) is 0 Å². The fourth-order valence-corrected chi connectivity index (χ4v) is 3.12. The van der Waals surface area contributed by atoms with E-state index in [1.165, 1.54) is 5.56 Å². The molecule has 0 aliphatic heterocycles. The van der Waals surface area contributed by atoms with Crippen molar-refractivity contribution >= 4 is 50.9 Å². The first kappa shape index (κ1) is 17.4. The maximum absolute atomic E-state index is 6.01. The van der Waals surface area contributed by atoms with Crippen molar-refractivity contribution in [1.29, 1.82) is 0 Å². The highest BCUT2D eigenvalue weighted by molar-refractivity contribution is 9.10. The largest absolute Gasteiger partial charge is 0.379 e. The number of hydrogen-bond donors (Lipinski definition) is 1. The maximum atomic E-state index is 6.01. The summed E-state index contributed by atoms with van der Waals surface area (Å²) in [5.74, 6) is 0. The van der Waals surface area contributed by atoms with Crippen molar-refractivity contribution in [2.24, 2.45) is 0 Å². The Morgan fingerprint density at radius 1 is 1.14 bits per heavy atom. The van der Waals surface area contributed by atoms with Crippen LogP contribution in [0, 0.1) is 0 Å². The molecular weight excluding hydrogens is 381 g/mol. The molecule has 0 saturated carbocycles. The monoisotopic (exact) mass is 397 g/mol. The van der Waals surface area contributed by atoms with Crippen molar-refractivity contribution in [3.63, 3.8) is 0 Å². The number of rotatable bonds is 5. The Labute approximate surface area is 150 Å². The summed E-state index contributed by atoms with van der Waals surface area (Å²) < 4.78 is 1.07. The third-order valence-corrected chi connectivity index (χ3v) is 4.23. The molecule has 0 aromatic heterocycles. The molecule has 4 heteroatoms. The van der Waals surface area contributed by atoms with Crippen LogP contribution in [-0.4, -0.2) is 6.04 Å². The topological polar surface area (TPSA) is 12.0 Å². The van der Waals surface area contributed by atoms with Gasteiger partial charge in [-0.3, -0.25) is 0 Å². The lowest BCUT2D eigenvalue weighted by Gasteiger charge is -2.15. The molecule has 0 aliphatic rings. The van der Waals surface area contributed by atoms with Crippen LogP contribution in [0.3, 0.4) is 0 Å². The van der Waals surface area contributed by atoms with Crippen LogP contribution < -0.4 is 5.32 Å². The van der Waals surface area contributed by atoms with Gasteiger partial charge in [0, 0.05) is 26.2 Å². The van der Waals surface area contributed by atoms with Gasteiger partial charge < -0.3 is 5.32 Å². The summed E-state index contributed by atoms with van der Waals surface area (Å²) in [7, 11) is 0. The molecule has 2 rings (SSSR count). The zero-order valence-corrected chi connectivity index (χ0v) is 15.6. The first-order valence-corrected chi connectivity index (χ1v) is 8.72. The van der Waals surface area contributed by atoms with Gasteiger partial charge in [-0.1, -0.05) is 64.3 Å². The number of halogens is 3. The molecule has 0 saturated heterocycles. The predicted molar refractivity (Wildman–Crippen MR) is 102 cm³/mol. The van der Waals surface area contributed by atoms with Crippen molar-refractivity contribution in [2.75, 3.05) is 5.32 Å². The fourth-order valence-electron chi connectivity index (χ4n) is 2.21. The van der Waals surface area contributed by atoms with Gasteiger partial charge >= 0.3 is 0 Å². The second kappa shape index (κ2) is 8.05. The molecular formula is C18H18BrCl2N. The quantitative estimate of drug-likeness (QED) is 0.581. The Bertz CT molecular complexity index is 663. The average molecular weight is 399 g/mol. The van der Waals surface area contributed by atoms with Gasteiger partial charge in [0.2, 0.25) is 0 Å². The summed E-state index contributed by atoms with van der Waals surface area (Å²) in [6, 6.07) is 12.0. The maximum Gasteiger partial charge on any atom is 0.0426 e. The van der Waals surface area contributed by atoms with E-state index in [4.69, 9.17) is 23.2 Å². The van der Waals surface area contributed by atoms with E-state index >= 15 is 0 Å². The minimum absolute atomic E-state index is 0.192. The van der Waals surface area contributed by atoms with Gasteiger partial charge in [-0.2, -0.15) is 0 Å². The Morgan fingerprint density at radius 2 is 1.82 bits per heavy atom. The third-order valence-electron chi connectivity index (χ3n) is 3.30. The van der Waals surface area contributed by atoms with Gasteiger partial charge in [-0.05, 0) is 54.8 Å².